The Morgan fingerprint density at radius 2 is 2.18 bits per heavy atom. The van der Waals surface area contributed by atoms with Gasteiger partial charge in [-0.2, -0.15) is 0 Å². The highest BCUT2D eigenvalue weighted by atomic mass is 19.1. The highest BCUT2D eigenvalue weighted by molar-refractivity contribution is 6.00. The van der Waals surface area contributed by atoms with Crippen molar-refractivity contribution >= 4 is 11.6 Å². The minimum atomic E-state index is -0.276. The van der Waals surface area contributed by atoms with Crippen molar-refractivity contribution in [3.05, 3.63) is 29.1 Å². The molecule has 1 saturated carbocycles. The number of benzene rings is 1. The standard InChI is InChI=1S/C13H15FN2O/c1-7(15)13(2-3-13)10-6-9(14)4-8-5-11(17)16-12(8)10/h4,6-7H,2-3,5,15H2,1H3,(H,16,17). The molecular weight excluding hydrogens is 219 g/mol. The number of hydrogen-bond acceptors (Lipinski definition) is 2. The summed E-state index contributed by atoms with van der Waals surface area (Å²) in [6, 6.07) is 2.94. The van der Waals surface area contributed by atoms with Crippen LogP contribution in [-0.2, 0) is 16.6 Å². The van der Waals surface area contributed by atoms with Gasteiger partial charge in [-0.25, -0.2) is 4.39 Å². The average molecular weight is 234 g/mol. The first-order chi connectivity index (χ1) is 8.03. The van der Waals surface area contributed by atoms with Gasteiger partial charge in [0.25, 0.3) is 0 Å². The van der Waals surface area contributed by atoms with Crippen LogP contribution in [0, 0.1) is 5.82 Å². The van der Waals surface area contributed by atoms with E-state index >= 15 is 0 Å². The van der Waals surface area contributed by atoms with Crippen LogP contribution in [0.4, 0.5) is 10.1 Å². The molecule has 1 aliphatic heterocycles. The Balaban J connectivity index is 2.15. The van der Waals surface area contributed by atoms with Crippen LogP contribution >= 0.6 is 0 Å². The van der Waals surface area contributed by atoms with Gasteiger partial charge in [0.15, 0.2) is 0 Å². The molecule has 1 heterocycles. The van der Waals surface area contributed by atoms with E-state index in [0.717, 1.165) is 29.7 Å². The minimum absolute atomic E-state index is 0.0223. The van der Waals surface area contributed by atoms with Crippen LogP contribution in [0.15, 0.2) is 12.1 Å². The van der Waals surface area contributed by atoms with Gasteiger partial charge in [-0.1, -0.05) is 0 Å². The fraction of sp³-hybridized carbons (Fsp3) is 0.462. The van der Waals surface area contributed by atoms with Crippen LogP contribution in [0.5, 0.6) is 0 Å². The second-order valence-corrected chi connectivity index (χ2v) is 5.16. The molecule has 2 aliphatic rings. The lowest BCUT2D eigenvalue weighted by atomic mass is 9.87. The van der Waals surface area contributed by atoms with Gasteiger partial charge in [0.1, 0.15) is 5.82 Å². The monoisotopic (exact) mass is 234 g/mol. The normalized spacial score (nSPS) is 21.9. The van der Waals surface area contributed by atoms with Gasteiger partial charge in [-0.05, 0) is 43.0 Å². The van der Waals surface area contributed by atoms with Gasteiger partial charge < -0.3 is 11.1 Å². The average Bonchev–Trinajstić information content (AvgIpc) is 2.96. The highest BCUT2D eigenvalue weighted by Crippen LogP contribution is 2.54. The Morgan fingerprint density at radius 3 is 2.76 bits per heavy atom. The van der Waals surface area contributed by atoms with E-state index < -0.39 is 0 Å². The topological polar surface area (TPSA) is 55.1 Å². The molecule has 0 bridgehead atoms. The molecule has 0 saturated heterocycles. The maximum Gasteiger partial charge on any atom is 0.228 e. The molecule has 1 aromatic carbocycles. The smallest absolute Gasteiger partial charge is 0.228 e. The lowest BCUT2D eigenvalue weighted by molar-refractivity contribution is -0.115. The van der Waals surface area contributed by atoms with Crippen LogP contribution < -0.4 is 11.1 Å². The summed E-state index contributed by atoms with van der Waals surface area (Å²) in [4.78, 5) is 11.4. The van der Waals surface area contributed by atoms with Crippen molar-refractivity contribution in [3.63, 3.8) is 0 Å². The summed E-state index contributed by atoms with van der Waals surface area (Å²) in [5, 5.41) is 2.83. The zero-order valence-corrected chi connectivity index (χ0v) is 9.72. The van der Waals surface area contributed by atoms with E-state index in [1.165, 1.54) is 12.1 Å². The number of amides is 1. The zero-order valence-electron chi connectivity index (χ0n) is 9.72. The molecule has 17 heavy (non-hydrogen) atoms. The van der Waals surface area contributed by atoms with Crippen LogP contribution in [0.25, 0.3) is 0 Å². The second kappa shape index (κ2) is 3.29. The molecule has 3 rings (SSSR count). The largest absolute Gasteiger partial charge is 0.327 e. The number of carbonyl (C=O) groups excluding carboxylic acids is 1. The fourth-order valence-corrected chi connectivity index (χ4v) is 2.80. The van der Waals surface area contributed by atoms with Gasteiger partial charge in [-0.15, -0.1) is 0 Å². The number of fused-ring (bicyclic) bond motifs is 1. The molecule has 1 fully saturated rings. The van der Waals surface area contributed by atoms with Crippen LogP contribution in [0.1, 0.15) is 30.9 Å². The van der Waals surface area contributed by atoms with E-state index in [1.54, 1.807) is 0 Å². The Kier molecular flexibility index (Phi) is 2.08. The van der Waals surface area contributed by atoms with Gasteiger partial charge in [0.2, 0.25) is 5.91 Å². The molecule has 90 valence electrons. The molecule has 1 aromatic rings. The number of carbonyl (C=O) groups is 1. The third kappa shape index (κ3) is 1.47. The molecule has 3 nitrogen and oxygen atoms in total. The molecular formula is C13H15FN2O. The van der Waals surface area contributed by atoms with Gasteiger partial charge in [0.05, 0.1) is 6.42 Å². The summed E-state index contributed by atoms with van der Waals surface area (Å²) in [5.41, 5.74) is 8.31. The van der Waals surface area contributed by atoms with Crippen LogP contribution in [-0.4, -0.2) is 11.9 Å². The van der Waals surface area contributed by atoms with Crippen molar-refractivity contribution < 1.29 is 9.18 Å². The third-order valence-electron chi connectivity index (χ3n) is 4.00. The van der Waals surface area contributed by atoms with E-state index in [4.69, 9.17) is 5.73 Å². The minimum Gasteiger partial charge on any atom is -0.327 e. The molecule has 4 heteroatoms. The first-order valence-corrected chi connectivity index (χ1v) is 5.91. The van der Waals surface area contributed by atoms with E-state index in [2.05, 4.69) is 5.32 Å². The molecule has 3 N–H and O–H groups in total. The summed E-state index contributed by atoms with van der Waals surface area (Å²) in [5.74, 6) is -0.338. The van der Waals surface area contributed by atoms with Gasteiger partial charge >= 0.3 is 0 Å². The predicted molar refractivity (Wildman–Crippen MR) is 63.3 cm³/mol. The SMILES string of the molecule is CC(N)C1(c2cc(F)cc3c2NC(=O)C3)CC1. The quantitative estimate of drug-likeness (QED) is 0.818. The molecule has 1 aliphatic carbocycles. The van der Waals surface area contributed by atoms with Crippen LogP contribution in [0.3, 0.4) is 0 Å². The van der Waals surface area contributed by atoms with Crippen molar-refractivity contribution in [3.8, 4) is 0 Å². The van der Waals surface area contributed by atoms with Crippen molar-refractivity contribution in [1.29, 1.82) is 0 Å². The Bertz CT molecular complexity index is 506. The zero-order chi connectivity index (χ0) is 12.2. The van der Waals surface area contributed by atoms with E-state index in [-0.39, 0.29) is 29.6 Å². The van der Waals surface area contributed by atoms with Crippen molar-refractivity contribution in [2.24, 2.45) is 5.73 Å². The second-order valence-electron chi connectivity index (χ2n) is 5.16. The predicted octanol–water partition coefficient (Wildman–Crippen LogP) is 1.70. The van der Waals surface area contributed by atoms with E-state index in [9.17, 15) is 9.18 Å². The lowest BCUT2D eigenvalue weighted by Crippen LogP contribution is -2.32. The number of hydrogen-bond donors (Lipinski definition) is 2. The number of nitrogens with one attached hydrogen (secondary N) is 1. The maximum absolute atomic E-state index is 13.6. The number of halogens is 1. The molecule has 0 aromatic heterocycles. The maximum atomic E-state index is 13.6. The number of anilines is 1. The first-order valence-electron chi connectivity index (χ1n) is 5.91. The van der Waals surface area contributed by atoms with Gasteiger partial charge in [0, 0.05) is 17.1 Å². The first kappa shape index (κ1) is 10.7. The Hall–Kier alpha value is -1.42. The molecule has 0 radical (unpaired) electrons. The van der Waals surface area contributed by atoms with Crippen molar-refractivity contribution in [2.75, 3.05) is 5.32 Å². The third-order valence-corrected chi connectivity index (χ3v) is 4.00. The Labute approximate surface area is 99.2 Å². The molecule has 1 atom stereocenters. The summed E-state index contributed by atoms with van der Waals surface area (Å²) in [7, 11) is 0. The van der Waals surface area contributed by atoms with Crippen molar-refractivity contribution in [2.45, 2.75) is 37.6 Å². The molecule has 1 amide bonds. The fourth-order valence-electron chi connectivity index (χ4n) is 2.80. The summed E-state index contributed by atoms with van der Waals surface area (Å²) >= 11 is 0. The Morgan fingerprint density at radius 1 is 1.47 bits per heavy atom. The van der Waals surface area contributed by atoms with E-state index in [0.29, 0.717) is 0 Å². The van der Waals surface area contributed by atoms with Gasteiger partial charge in [-0.3, -0.25) is 4.79 Å². The van der Waals surface area contributed by atoms with Crippen LogP contribution in [0.2, 0.25) is 0 Å². The number of rotatable bonds is 2. The van der Waals surface area contributed by atoms with Crippen molar-refractivity contribution in [1.82, 2.24) is 0 Å². The summed E-state index contributed by atoms with van der Waals surface area (Å²) in [6.45, 7) is 1.95. The summed E-state index contributed by atoms with van der Waals surface area (Å²) < 4.78 is 13.6. The lowest BCUT2D eigenvalue weighted by Gasteiger charge is -2.23. The highest BCUT2D eigenvalue weighted by Gasteiger charge is 2.49. The molecule has 0 spiro atoms. The molecule has 1 unspecified atom stereocenters. The number of nitrogens with two attached hydrogens (primary N) is 1. The summed E-state index contributed by atoms with van der Waals surface area (Å²) in [6.07, 6.45) is 2.21. The van der Waals surface area contributed by atoms with E-state index in [1.807, 2.05) is 6.92 Å².